The molecule has 1 atom stereocenters. The highest BCUT2D eigenvalue weighted by atomic mass is 32.1. The van der Waals surface area contributed by atoms with Crippen molar-refractivity contribution in [2.45, 2.75) is 25.8 Å². The largest absolute Gasteiger partial charge is 0.393 e. The Morgan fingerprint density at radius 3 is 2.62 bits per heavy atom. The summed E-state index contributed by atoms with van der Waals surface area (Å²) in [5, 5.41) is 0. The lowest BCUT2D eigenvalue weighted by atomic mass is 10.2. The van der Waals surface area contributed by atoms with E-state index in [2.05, 4.69) is 18.9 Å². The van der Waals surface area contributed by atoms with Crippen molar-refractivity contribution in [3.63, 3.8) is 0 Å². The molecule has 0 radical (unpaired) electrons. The first kappa shape index (κ1) is 15.8. The van der Waals surface area contributed by atoms with Gasteiger partial charge < -0.3 is 20.1 Å². The topological polar surface area (TPSA) is 47.7 Å². The summed E-state index contributed by atoms with van der Waals surface area (Å²) in [7, 11) is 3.76. The molecule has 0 bridgehead atoms. The van der Waals surface area contributed by atoms with Crippen LogP contribution in [-0.4, -0.2) is 56.5 Å². The molecule has 16 heavy (non-hydrogen) atoms. The Balaban J connectivity index is 3.42. The quantitative estimate of drug-likeness (QED) is 0.462. The molecule has 0 amide bonds. The third-order valence-corrected chi connectivity index (χ3v) is 2.65. The van der Waals surface area contributed by atoms with E-state index in [4.69, 9.17) is 27.4 Å². The first-order valence-electron chi connectivity index (χ1n) is 5.63. The van der Waals surface area contributed by atoms with Crippen LogP contribution in [0.25, 0.3) is 0 Å². The highest BCUT2D eigenvalue weighted by Gasteiger charge is 2.09. The lowest BCUT2D eigenvalue weighted by Crippen LogP contribution is -2.33. The second-order valence-corrected chi connectivity index (χ2v) is 4.48. The lowest BCUT2D eigenvalue weighted by Gasteiger charge is -2.24. The number of ether oxygens (including phenoxy) is 2. The zero-order valence-corrected chi connectivity index (χ0v) is 11.4. The minimum atomic E-state index is 0.400. The van der Waals surface area contributed by atoms with Gasteiger partial charge in [-0.25, -0.2) is 0 Å². The summed E-state index contributed by atoms with van der Waals surface area (Å²) < 4.78 is 10.3. The number of thiocarbonyl (C=S) groups is 1. The number of hydrogen-bond acceptors (Lipinski definition) is 4. The summed E-state index contributed by atoms with van der Waals surface area (Å²) in [6.45, 7) is 5.23. The molecule has 0 fully saturated rings. The summed E-state index contributed by atoms with van der Waals surface area (Å²) in [5.41, 5.74) is 5.51. The molecule has 96 valence electrons. The van der Waals surface area contributed by atoms with Crippen molar-refractivity contribution in [3.05, 3.63) is 0 Å². The van der Waals surface area contributed by atoms with Crippen molar-refractivity contribution in [2.75, 3.05) is 40.5 Å². The third kappa shape index (κ3) is 9.03. The average molecular weight is 248 g/mol. The molecule has 0 aromatic heterocycles. The van der Waals surface area contributed by atoms with E-state index in [1.807, 2.05) is 0 Å². The van der Waals surface area contributed by atoms with Crippen molar-refractivity contribution in [3.8, 4) is 0 Å². The fraction of sp³-hybridized carbons (Fsp3) is 0.909. The van der Waals surface area contributed by atoms with Gasteiger partial charge in [0, 0.05) is 32.7 Å². The molecule has 0 saturated heterocycles. The molecule has 4 nitrogen and oxygen atoms in total. The Kier molecular flexibility index (Phi) is 9.82. The van der Waals surface area contributed by atoms with Gasteiger partial charge in [-0.2, -0.15) is 0 Å². The van der Waals surface area contributed by atoms with E-state index in [9.17, 15) is 0 Å². The van der Waals surface area contributed by atoms with E-state index in [0.29, 0.717) is 24.2 Å². The monoisotopic (exact) mass is 248 g/mol. The predicted molar refractivity (Wildman–Crippen MR) is 70.8 cm³/mol. The van der Waals surface area contributed by atoms with Gasteiger partial charge in [-0.05, 0) is 20.4 Å². The van der Waals surface area contributed by atoms with Crippen LogP contribution in [0, 0.1) is 0 Å². The Hall–Kier alpha value is -0.230. The van der Waals surface area contributed by atoms with Crippen LogP contribution < -0.4 is 5.73 Å². The highest BCUT2D eigenvalue weighted by molar-refractivity contribution is 7.80. The molecule has 0 aromatic rings. The number of rotatable bonds is 10. The molecule has 0 heterocycles. The molecule has 1 unspecified atom stereocenters. The van der Waals surface area contributed by atoms with E-state index in [-0.39, 0.29) is 0 Å². The number of nitrogens with zero attached hydrogens (tertiary/aromatic N) is 1. The maximum absolute atomic E-state index is 5.51. The van der Waals surface area contributed by atoms with E-state index in [1.165, 1.54) is 0 Å². The molecule has 5 heteroatoms. The van der Waals surface area contributed by atoms with E-state index < -0.39 is 0 Å². The molecule has 2 N–H and O–H groups in total. The van der Waals surface area contributed by atoms with Gasteiger partial charge in [-0.3, -0.25) is 0 Å². The molecule has 0 rings (SSSR count). The molecule has 0 aliphatic rings. The van der Waals surface area contributed by atoms with E-state index in [0.717, 1.165) is 26.0 Å². The third-order valence-electron chi connectivity index (χ3n) is 2.48. The van der Waals surface area contributed by atoms with Crippen LogP contribution in [0.3, 0.4) is 0 Å². The first-order chi connectivity index (χ1) is 7.57. The smallest absolute Gasteiger partial charge is 0.0742 e. The summed E-state index contributed by atoms with van der Waals surface area (Å²) in [4.78, 5) is 2.83. The van der Waals surface area contributed by atoms with Crippen LogP contribution >= 0.6 is 12.2 Å². The van der Waals surface area contributed by atoms with Crippen molar-refractivity contribution < 1.29 is 9.47 Å². The zero-order chi connectivity index (χ0) is 12.4. The Bertz CT molecular complexity index is 191. The van der Waals surface area contributed by atoms with Crippen LogP contribution in [0.4, 0.5) is 0 Å². The SMILES string of the molecule is COCCOCCCN(C)C(C)CC(N)=S. The number of nitrogens with two attached hydrogens (primary N) is 1. The first-order valence-corrected chi connectivity index (χ1v) is 6.04. The van der Waals surface area contributed by atoms with Gasteiger partial charge in [0.15, 0.2) is 0 Å². The summed E-state index contributed by atoms with van der Waals surface area (Å²) in [5.74, 6) is 0. The van der Waals surface area contributed by atoms with Crippen LogP contribution in [0.15, 0.2) is 0 Å². The Morgan fingerprint density at radius 2 is 2.06 bits per heavy atom. The second kappa shape index (κ2) is 9.96. The normalized spacial score (nSPS) is 13.0. The molecular weight excluding hydrogens is 224 g/mol. The van der Waals surface area contributed by atoms with Crippen LogP contribution in [-0.2, 0) is 9.47 Å². The summed E-state index contributed by atoms with van der Waals surface area (Å²) in [6.07, 6.45) is 1.79. The fourth-order valence-corrected chi connectivity index (χ4v) is 1.57. The molecular formula is C11H24N2O2S. The van der Waals surface area contributed by atoms with E-state index >= 15 is 0 Å². The maximum Gasteiger partial charge on any atom is 0.0742 e. The van der Waals surface area contributed by atoms with Gasteiger partial charge in [0.25, 0.3) is 0 Å². The Morgan fingerprint density at radius 1 is 1.38 bits per heavy atom. The molecule has 0 aromatic carbocycles. The lowest BCUT2D eigenvalue weighted by molar-refractivity contribution is 0.0650. The van der Waals surface area contributed by atoms with Gasteiger partial charge in [0.1, 0.15) is 0 Å². The number of methoxy groups -OCH3 is 1. The molecule has 0 aliphatic carbocycles. The summed E-state index contributed by atoms with van der Waals surface area (Å²) in [6, 6.07) is 0.400. The predicted octanol–water partition coefficient (Wildman–Crippen LogP) is 1.04. The van der Waals surface area contributed by atoms with Crippen molar-refractivity contribution >= 4 is 17.2 Å². The number of hydrogen-bond donors (Lipinski definition) is 1. The van der Waals surface area contributed by atoms with Crippen molar-refractivity contribution in [2.24, 2.45) is 5.73 Å². The van der Waals surface area contributed by atoms with Crippen LogP contribution in [0.2, 0.25) is 0 Å². The van der Waals surface area contributed by atoms with Crippen LogP contribution in [0.1, 0.15) is 19.8 Å². The second-order valence-electron chi connectivity index (χ2n) is 3.96. The van der Waals surface area contributed by atoms with Gasteiger partial charge >= 0.3 is 0 Å². The zero-order valence-electron chi connectivity index (χ0n) is 10.6. The fourth-order valence-electron chi connectivity index (χ4n) is 1.33. The maximum atomic E-state index is 5.51. The standard InChI is InChI=1S/C11H24N2O2S/c1-10(9-11(12)16)13(2)5-4-6-15-8-7-14-3/h10H,4-9H2,1-3H3,(H2,12,16). The highest BCUT2D eigenvalue weighted by Crippen LogP contribution is 2.02. The molecule has 0 spiro atoms. The van der Waals surface area contributed by atoms with Gasteiger partial charge in [-0.1, -0.05) is 12.2 Å². The minimum absolute atomic E-state index is 0.400. The van der Waals surface area contributed by atoms with E-state index in [1.54, 1.807) is 7.11 Å². The van der Waals surface area contributed by atoms with Crippen molar-refractivity contribution in [1.29, 1.82) is 0 Å². The molecule has 0 aliphatic heterocycles. The van der Waals surface area contributed by atoms with Gasteiger partial charge in [0.2, 0.25) is 0 Å². The van der Waals surface area contributed by atoms with Crippen molar-refractivity contribution in [1.82, 2.24) is 4.90 Å². The van der Waals surface area contributed by atoms with Gasteiger partial charge in [-0.15, -0.1) is 0 Å². The summed E-state index contributed by atoms with van der Waals surface area (Å²) >= 11 is 4.89. The molecule has 0 saturated carbocycles. The average Bonchev–Trinajstić information content (AvgIpc) is 2.21. The Labute approximate surface area is 104 Å². The minimum Gasteiger partial charge on any atom is -0.393 e. The van der Waals surface area contributed by atoms with Gasteiger partial charge in [0.05, 0.1) is 18.2 Å². The van der Waals surface area contributed by atoms with Crippen LogP contribution in [0.5, 0.6) is 0 Å².